The fraction of sp³-hybridized carbons (Fsp3) is 0.231. The number of H-pyrrole nitrogens is 1. The van der Waals surface area contributed by atoms with Crippen LogP contribution in [0.15, 0.2) is 23.1 Å². The molecule has 0 atom stereocenters. The van der Waals surface area contributed by atoms with Crippen LogP contribution in [0.2, 0.25) is 5.02 Å². The maximum Gasteiger partial charge on any atom is 0.288 e. The molecule has 2 heterocycles. The van der Waals surface area contributed by atoms with Gasteiger partial charge in [-0.1, -0.05) is 11.6 Å². The number of nitrogens with one attached hydrogen (secondary N) is 1. The second-order valence-corrected chi connectivity index (χ2v) is 5.57. The number of aromatic amines is 1. The second-order valence-electron chi connectivity index (χ2n) is 5.16. The number of nitrogens with zero attached hydrogens (tertiary/aromatic N) is 3. The van der Waals surface area contributed by atoms with Gasteiger partial charge < -0.3 is 4.57 Å². The van der Waals surface area contributed by atoms with Gasteiger partial charge in [0.05, 0.1) is 16.0 Å². The van der Waals surface area contributed by atoms with E-state index in [-0.39, 0.29) is 16.3 Å². The van der Waals surface area contributed by atoms with Crippen LogP contribution in [-0.4, -0.2) is 19.7 Å². The van der Waals surface area contributed by atoms with E-state index in [0.717, 1.165) is 18.4 Å². The lowest BCUT2D eigenvalue weighted by Gasteiger charge is -2.13. The molecule has 1 N–H and O–H groups in total. The summed E-state index contributed by atoms with van der Waals surface area (Å²) in [5.41, 5.74) is 1.15. The van der Waals surface area contributed by atoms with Crippen molar-refractivity contribution >= 4 is 28.2 Å². The van der Waals surface area contributed by atoms with Crippen molar-refractivity contribution in [3.63, 3.8) is 0 Å². The van der Waals surface area contributed by atoms with Crippen LogP contribution in [0, 0.1) is 10.1 Å². The molecule has 0 saturated heterocycles. The average molecular weight is 305 g/mol. The monoisotopic (exact) mass is 304 g/mol. The van der Waals surface area contributed by atoms with E-state index in [9.17, 15) is 14.9 Å². The van der Waals surface area contributed by atoms with Crippen LogP contribution in [0.25, 0.3) is 22.2 Å². The van der Waals surface area contributed by atoms with Gasteiger partial charge in [-0.2, -0.15) is 5.10 Å². The quantitative estimate of drug-likeness (QED) is 0.582. The Kier molecular flexibility index (Phi) is 2.38. The molecule has 1 saturated carbocycles. The zero-order valence-electron chi connectivity index (χ0n) is 10.7. The molecule has 3 aliphatic rings. The lowest BCUT2D eigenvalue weighted by Crippen LogP contribution is -2.06. The van der Waals surface area contributed by atoms with E-state index in [1.807, 2.05) is 4.57 Å². The Morgan fingerprint density at radius 1 is 1.43 bits per heavy atom. The Hall–Kier alpha value is -2.41. The number of benzene rings is 1. The van der Waals surface area contributed by atoms with Gasteiger partial charge in [0.1, 0.15) is 10.7 Å². The Morgan fingerprint density at radius 2 is 2.19 bits per heavy atom. The van der Waals surface area contributed by atoms with E-state index in [1.165, 1.54) is 6.07 Å². The summed E-state index contributed by atoms with van der Waals surface area (Å²) in [5.74, 6) is 0. The summed E-state index contributed by atoms with van der Waals surface area (Å²) in [4.78, 5) is 22.3. The molecule has 0 unspecified atom stereocenters. The minimum absolute atomic E-state index is 0.0825. The summed E-state index contributed by atoms with van der Waals surface area (Å²) in [6.45, 7) is 0. The highest BCUT2D eigenvalue weighted by atomic mass is 35.5. The van der Waals surface area contributed by atoms with Crippen LogP contribution in [0.1, 0.15) is 18.9 Å². The normalized spacial score (nSPS) is 14.9. The van der Waals surface area contributed by atoms with Crippen LogP contribution in [-0.2, 0) is 0 Å². The summed E-state index contributed by atoms with van der Waals surface area (Å²) in [5, 5.41) is 18.1. The van der Waals surface area contributed by atoms with Gasteiger partial charge in [-0.25, -0.2) is 5.10 Å². The number of hydrogen-bond acceptors (Lipinski definition) is 4. The van der Waals surface area contributed by atoms with Crippen molar-refractivity contribution in [2.75, 3.05) is 0 Å². The number of hydrogen-bond donors (Lipinski definition) is 1. The van der Waals surface area contributed by atoms with Crippen molar-refractivity contribution in [1.29, 1.82) is 0 Å². The molecule has 1 aromatic carbocycles. The summed E-state index contributed by atoms with van der Waals surface area (Å²) < 4.78 is 1.96. The molecule has 0 amide bonds. The van der Waals surface area contributed by atoms with E-state index in [1.54, 1.807) is 12.3 Å². The van der Waals surface area contributed by atoms with Crippen LogP contribution in [0.3, 0.4) is 0 Å². The fourth-order valence-corrected chi connectivity index (χ4v) is 2.84. The molecule has 1 aromatic rings. The van der Waals surface area contributed by atoms with E-state index in [4.69, 9.17) is 11.6 Å². The first-order chi connectivity index (χ1) is 10.1. The first-order valence-corrected chi connectivity index (χ1v) is 6.81. The van der Waals surface area contributed by atoms with Gasteiger partial charge in [0, 0.05) is 23.7 Å². The second kappa shape index (κ2) is 4.05. The first kappa shape index (κ1) is 12.3. The van der Waals surface area contributed by atoms with Crippen molar-refractivity contribution in [3.8, 4) is 11.3 Å². The molecule has 21 heavy (non-hydrogen) atoms. The SMILES string of the molecule is O=c1[nH]nc2c3cc([N+](=O)[O-])c(Cl)cc3n(C3CC3)cc1-2. The largest absolute Gasteiger partial charge is 0.343 e. The molecule has 1 aliphatic carbocycles. The van der Waals surface area contributed by atoms with E-state index < -0.39 is 4.92 Å². The van der Waals surface area contributed by atoms with E-state index in [0.29, 0.717) is 22.7 Å². The van der Waals surface area contributed by atoms with Gasteiger partial charge in [-0.15, -0.1) is 0 Å². The van der Waals surface area contributed by atoms with Crippen LogP contribution < -0.4 is 5.56 Å². The number of aromatic nitrogens is 3. The molecular weight excluding hydrogens is 296 g/mol. The third-order valence-electron chi connectivity index (χ3n) is 3.77. The molecule has 0 spiro atoms. The van der Waals surface area contributed by atoms with Gasteiger partial charge in [0.2, 0.25) is 0 Å². The minimum Gasteiger partial charge on any atom is -0.343 e. The number of pyridine rings is 1. The van der Waals surface area contributed by atoms with Crippen molar-refractivity contribution < 1.29 is 4.92 Å². The number of halogens is 1. The first-order valence-electron chi connectivity index (χ1n) is 6.43. The van der Waals surface area contributed by atoms with Gasteiger partial charge in [-0.05, 0) is 18.9 Å². The Morgan fingerprint density at radius 3 is 2.86 bits per heavy atom. The molecule has 7 nitrogen and oxygen atoms in total. The standard InChI is InChI=1S/C13H9ClN4O3/c14-9-4-10-7(3-11(9)18(20)21)12-8(13(19)16-15-12)5-17(10)6-1-2-6/h3-6H,1-2H2,(H,16,19). The summed E-state index contributed by atoms with van der Waals surface area (Å²) in [7, 11) is 0. The Labute approximate surface area is 122 Å². The Bertz CT molecular complexity index is 925. The molecule has 4 rings (SSSR count). The predicted octanol–water partition coefficient (Wildman–Crippen LogP) is 2.73. The smallest absolute Gasteiger partial charge is 0.288 e. The summed E-state index contributed by atoms with van der Waals surface area (Å²) in [6, 6.07) is 3.27. The highest BCUT2D eigenvalue weighted by molar-refractivity contribution is 6.33. The van der Waals surface area contributed by atoms with Crippen LogP contribution in [0.4, 0.5) is 5.69 Å². The third-order valence-corrected chi connectivity index (χ3v) is 4.08. The van der Waals surface area contributed by atoms with Crippen molar-refractivity contribution in [2.24, 2.45) is 0 Å². The molecule has 2 aliphatic heterocycles. The molecule has 0 radical (unpaired) electrons. The summed E-state index contributed by atoms with van der Waals surface area (Å²) in [6.07, 6.45) is 3.79. The van der Waals surface area contributed by atoms with Gasteiger partial charge in [0.25, 0.3) is 11.2 Å². The topological polar surface area (TPSA) is 93.8 Å². The third kappa shape index (κ3) is 1.74. The lowest BCUT2D eigenvalue weighted by molar-refractivity contribution is -0.384. The maximum absolute atomic E-state index is 11.8. The van der Waals surface area contributed by atoms with Crippen LogP contribution in [0.5, 0.6) is 0 Å². The number of nitro groups is 1. The molecule has 8 heteroatoms. The van der Waals surface area contributed by atoms with Crippen molar-refractivity contribution in [3.05, 3.63) is 43.8 Å². The van der Waals surface area contributed by atoms with Crippen molar-refractivity contribution in [2.45, 2.75) is 18.9 Å². The predicted molar refractivity (Wildman–Crippen MR) is 76.9 cm³/mol. The number of nitro benzene ring substituents is 1. The van der Waals surface area contributed by atoms with E-state index in [2.05, 4.69) is 10.2 Å². The molecule has 0 aromatic heterocycles. The molecule has 0 bridgehead atoms. The molecule has 1 fully saturated rings. The fourth-order valence-electron chi connectivity index (χ4n) is 2.62. The van der Waals surface area contributed by atoms with Gasteiger partial charge in [-0.3, -0.25) is 14.9 Å². The molecule has 106 valence electrons. The average Bonchev–Trinajstić information content (AvgIpc) is 3.21. The molecular formula is C13H9ClN4O3. The maximum atomic E-state index is 11.8. The van der Waals surface area contributed by atoms with E-state index >= 15 is 0 Å². The minimum atomic E-state index is -0.535. The lowest BCUT2D eigenvalue weighted by atomic mass is 10.1. The zero-order valence-corrected chi connectivity index (χ0v) is 11.4. The van der Waals surface area contributed by atoms with Crippen molar-refractivity contribution in [1.82, 2.24) is 14.8 Å². The van der Waals surface area contributed by atoms with Gasteiger partial charge in [0.15, 0.2) is 0 Å². The Balaban J connectivity index is 2.18. The highest BCUT2D eigenvalue weighted by Crippen LogP contribution is 2.41. The highest BCUT2D eigenvalue weighted by Gasteiger charge is 2.29. The number of rotatable bonds is 2. The van der Waals surface area contributed by atoms with Crippen LogP contribution >= 0.6 is 11.6 Å². The zero-order chi connectivity index (χ0) is 14.7. The summed E-state index contributed by atoms with van der Waals surface area (Å²) >= 11 is 6.01. The van der Waals surface area contributed by atoms with Gasteiger partial charge >= 0.3 is 0 Å². The number of fused-ring (bicyclic) bond motifs is 3.